The molecule has 2 aromatic carbocycles. The molecule has 0 saturated carbocycles. The van der Waals surface area contributed by atoms with E-state index in [2.05, 4.69) is 5.32 Å². The molecule has 19 heavy (non-hydrogen) atoms. The molecule has 2 nitrogen and oxygen atoms in total. The van der Waals surface area contributed by atoms with Gasteiger partial charge in [0.2, 0.25) is 5.91 Å². The van der Waals surface area contributed by atoms with Crippen molar-refractivity contribution in [3.63, 3.8) is 0 Å². The predicted molar refractivity (Wildman–Crippen MR) is 79.6 cm³/mol. The Bertz CT molecular complexity index is 566. The lowest BCUT2D eigenvalue weighted by Crippen LogP contribution is -2.12. The number of hydrogen-bond acceptors (Lipinski definition) is 1. The van der Waals surface area contributed by atoms with Crippen molar-refractivity contribution in [1.29, 1.82) is 0 Å². The fourth-order valence-corrected chi connectivity index (χ4v) is 2.00. The fraction of sp³-hybridized carbons (Fsp3) is 0.188. The van der Waals surface area contributed by atoms with E-state index in [9.17, 15) is 4.79 Å². The van der Waals surface area contributed by atoms with E-state index in [0.717, 1.165) is 21.8 Å². The Balaban J connectivity index is 1.88. The third-order valence-corrected chi connectivity index (χ3v) is 3.34. The van der Waals surface area contributed by atoms with Crippen LogP contribution in [0.1, 0.15) is 17.5 Å². The SMILES string of the molecule is Cc1ccc(CCC(=O)Nc2ccccc2)cc1Cl. The normalized spacial score (nSPS) is 10.2. The highest BCUT2D eigenvalue weighted by molar-refractivity contribution is 6.31. The maximum absolute atomic E-state index is 11.8. The summed E-state index contributed by atoms with van der Waals surface area (Å²) in [4.78, 5) is 11.8. The number of hydrogen-bond donors (Lipinski definition) is 1. The highest BCUT2D eigenvalue weighted by Gasteiger charge is 2.04. The summed E-state index contributed by atoms with van der Waals surface area (Å²) in [6, 6.07) is 15.4. The summed E-state index contributed by atoms with van der Waals surface area (Å²) >= 11 is 6.06. The van der Waals surface area contributed by atoms with Gasteiger partial charge >= 0.3 is 0 Å². The summed E-state index contributed by atoms with van der Waals surface area (Å²) in [5.74, 6) is 0.0166. The van der Waals surface area contributed by atoms with E-state index in [-0.39, 0.29) is 5.91 Å². The smallest absolute Gasteiger partial charge is 0.224 e. The maximum Gasteiger partial charge on any atom is 0.224 e. The van der Waals surface area contributed by atoms with Crippen molar-refractivity contribution < 1.29 is 4.79 Å². The van der Waals surface area contributed by atoms with Crippen molar-refractivity contribution in [2.24, 2.45) is 0 Å². The van der Waals surface area contributed by atoms with Crippen LogP contribution in [0.3, 0.4) is 0 Å². The Hall–Kier alpha value is -1.80. The second-order valence-electron chi connectivity index (χ2n) is 4.50. The number of carbonyl (C=O) groups is 1. The van der Waals surface area contributed by atoms with Crippen LogP contribution in [0.25, 0.3) is 0 Å². The zero-order valence-electron chi connectivity index (χ0n) is 10.8. The molecule has 98 valence electrons. The Labute approximate surface area is 118 Å². The van der Waals surface area contributed by atoms with Crippen molar-refractivity contribution >= 4 is 23.2 Å². The van der Waals surface area contributed by atoms with Gasteiger partial charge in [-0.1, -0.05) is 41.9 Å². The summed E-state index contributed by atoms with van der Waals surface area (Å²) < 4.78 is 0. The molecule has 0 fully saturated rings. The topological polar surface area (TPSA) is 29.1 Å². The molecule has 2 aromatic rings. The van der Waals surface area contributed by atoms with E-state index in [0.29, 0.717) is 12.8 Å². The monoisotopic (exact) mass is 273 g/mol. The number of benzene rings is 2. The van der Waals surface area contributed by atoms with Crippen LogP contribution in [0, 0.1) is 6.92 Å². The van der Waals surface area contributed by atoms with Crippen molar-refractivity contribution in [3.05, 3.63) is 64.7 Å². The van der Waals surface area contributed by atoms with Gasteiger partial charge in [-0.3, -0.25) is 4.79 Å². The van der Waals surface area contributed by atoms with Gasteiger partial charge in [-0.25, -0.2) is 0 Å². The van der Waals surface area contributed by atoms with Gasteiger partial charge in [0.1, 0.15) is 0 Å². The van der Waals surface area contributed by atoms with Gasteiger partial charge < -0.3 is 5.32 Å². The number of nitrogens with one attached hydrogen (secondary N) is 1. The summed E-state index contributed by atoms with van der Waals surface area (Å²) in [7, 11) is 0. The van der Waals surface area contributed by atoms with Gasteiger partial charge in [0.05, 0.1) is 0 Å². The first kappa shape index (κ1) is 13.6. The van der Waals surface area contributed by atoms with Crippen LogP contribution >= 0.6 is 11.6 Å². The van der Waals surface area contributed by atoms with E-state index < -0.39 is 0 Å². The Morgan fingerprint density at radius 2 is 1.89 bits per heavy atom. The third-order valence-electron chi connectivity index (χ3n) is 2.93. The number of aryl methyl sites for hydroxylation is 2. The van der Waals surface area contributed by atoms with Gasteiger partial charge in [-0.15, -0.1) is 0 Å². The first-order chi connectivity index (χ1) is 9.15. The Morgan fingerprint density at radius 1 is 1.16 bits per heavy atom. The van der Waals surface area contributed by atoms with Gasteiger partial charge in [-0.05, 0) is 42.7 Å². The molecule has 0 bridgehead atoms. The molecule has 0 atom stereocenters. The highest BCUT2D eigenvalue weighted by atomic mass is 35.5. The van der Waals surface area contributed by atoms with E-state index in [4.69, 9.17) is 11.6 Å². The molecule has 0 heterocycles. The molecule has 0 unspecified atom stereocenters. The average Bonchev–Trinajstić information content (AvgIpc) is 2.41. The summed E-state index contributed by atoms with van der Waals surface area (Å²) in [6.07, 6.45) is 1.15. The van der Waals surface area contributed by atoms with Crippen molar-refractivity contribution in [1.82, 2.24) is 0 Å². The average molecular weight is 274 g/mol. The molecular weight excluding hydrogens is 258 g/mol. The molecule has 2 rings (SSSR count). The lowest BCUT2D eigenvalue weighted by Gasteiger charge is -2.06. The quantitative estimate of drug-likeness (QED) is 0.888. The van der Waals surface area contributed by atoms with Crippen LogP contribution in [0.2, 0.25) is 5.02 Å². The zero-order chi connectivity index (χ0) is 13.7. The summed E-state index contributed by atoms with van der Waals surface area (Å²) in [5, 5.41) is 3.62. The number of rotatable bonds is 4. The first-order valence-electron chi connectivity index (χ1n) is 6.25. The molecule has 0 aliphatic carbocycles. The molecule has 0 saturated heterocycles. The van der Waals surface area contributed by atoms with E-state index in [1.54, 1.807) is 0 Å². The summed E-state index contributed by atoms with van der Waals surface area (Å²) in [5.41, 5.74) is 2.97. The number of halogens is 1. The number of amides is 1. The molecule has 0 spiro atoms. The second kappa shape index (κ2) is 6.39. The van der Waals surface area contributed by atoms with Crippen LogP contribution in [0.4, 0.5) is 5.69 Å². The molecule has 1 N–H and O–H groups in total. The molecule has 0 radical (unpaired) electrons. The Morgan fingerprint density at radius 3 is 2.58 bits per heavy atom. The van der Waals surface area contributed by atoms with Crippen molar-refractivity contribution in [2.45, 2.75) is 19.8 Å². The highest BCUT2D eigenvalue weighted by Crippen LogP contribution is 2.17. The molecule has 1 amide bonds. The largest absolute Gasteiger partial charge is 0.326 e. The Kier molecular flexibility index (Phi) is 4.58. The first-order valence-corrected chi connectivity index (χ1v) is 6.63. The van der Waals surface area contributed by atoms with Crippen molar-refractivity contribution in [3.8, 4) is 0 Å². The van der Waals surface area contributed by atoms with Gasteiger partial charge in [0, 0.05) is 17.1 Å². The minimum atomic E-state index is 0.0166. The van der Waals surface area contributed by atoms with Gasteiger partial charge in [0.15, 0.2) is 0 Å². The van der Waals surface area contributed by atoms with Gasteiger partial charge in [0.25, 0.3) is 0 Å². The fourth-order valence-electron chi connectivity index (χ4n) is 1.79. The third kappa shape index (κ3) is 4.11. The van der Waals surface area contributed by atoms with E-state index in [1.165, 1.54) is 0 Å². The number of para-hydroxylation sites is 1. The van der Waals surface area contributed by atoms with Gasteiger partial charge in [-0.2, -0.15) is 0 Å². The molecule has 0 aliphatic heterocycles. The number of anilines is 1. The minimum absolute atomic E-state index is 0.0166. The van der Waals surface area contributed by atoms with Crippen LogP contribution in [0.15, 0.2) is 48.5 Å². The van der Waals surface area contributed by atoms with Crippen LogP contribution < -0.4 is 5.32 Å². The minimum Gasteiger partial charge on any atom is -0.326 e. The van der Waals surface area contributed by atoms with Crippen LogP contribution in [-0.4, -0.2) is 5.91 Å². The molecule has 3 heteroatoms. The maximum atomic E-state index is 11.8. The summed E-state index contributed by atoms with van der Waals surface area (Å²) in [6.45, 7) is 1.97. The van der Waals surface area contributed by atoms with E-state index in [1.807, 2.05) is 55.5 Å². The van der Waals surface area contributed by atoms with Crippen LogP contribution in [-0.2, 0) is 11.2 Å². The standard InChI is InChI=1S/C16H16ClNO/c1-12-7-8-13(11-15(12)17)9-10-16(19)18-14-5-3-2-4-6-14/h2-8,11H,9-10H2,1H3,(H,18,19). The molecular formula is C16H16ClNO. The second-order valence-corrected chi connectivity index (χ2v) is 4.90. The lowest BCUT2D eigenvalue weighted by atomic mass is 10.1. The zero-order valence-corrected chi connectivity index (χ0v) is 11.6. The van der Waals surface area contributed by atoms with E-state index >= 15 is 0 Å². The molecule has 0 aromatic heterocycles. The number of carbonyl (C=O) groups excluding carboxylic acids is 1. The molecule has 0 aliphatic rings. The predicted octanol–water partition coefficient (Wildman–Crippen LogP) is 4.22. The van der Waals surface area contributed by atoms with Crippen LogP contribution in [0.5, 0.6) is 0 Å². The van der Waals surface area contributed by atoms with Crippen molar-refractivity contribution in [2.75, 3.05) is 5.32 Å². The lowest BCUT2D eigenvalue weighted by molar-refractivity contribution is -0.116.